The van der Waals surface area contributed by atoms with Crippen LogP contribution in [0.2, 0.25) is 5.02 Å². The first kappa shape index (κ1) is 25.4. The normalized spacial score (nSPS) is 22.4. The molecule has 2 heterocycles. The molecular formula is C28H39ClN2O3. The summed E-state index contributed by atoms with van der Waals surface area (Å²) in [6, 6.07) is 6.11. The van der Waals surface area contributed by atoms with Crippen LogP contribution < -0.4 is 5.32 Å². The molecule has 1 aromatic carbocycles. The lowest BCUT2D eigenvalue weighted by molar-refractivity contribution is -0.118. The Hall–Kier alpha value is -1.69. The number of benzene rings is 1. The molecule has 0 radical (unpaired) electrons. The van der Waals surface area contributed by atoms with Crippen LogP contribution in [-0.2, 0) is 14.3 Å². The molecule has 4 rings (SSSR count). The van der Waals surface area contributed by atoms with Gasteiger partial charge in [0.15, 0.2) is 0 Å². The Morgan fingerprint density at radius 1 is 1.24 bits per heavy atom. The Kier molecular flexibility index (Phi) is 7.29. The molecule has 2 fully saturated rings. The van der Waals surface area contributed by atoms with E-state index in [9.17, 15) is 4.79 Å². The number of anilines is 1. The Morgan fingerprint density at radius 3 is 2.59 bits per heavy atom. The molecule has 4 unspecified atom stereocenters. The molecule has 0 bridgehead atoms. The number of carbonyl (C=O) groups is 1. The molecule has 1 aliphatic carbocycles. The van der Waals surface area contributed by atoms with Gasteiger partial charge in [0.2, 0.25) is 5.91 Å². The first-order chi connectivity index (χ1) is 16.1. The predicted molar refractivity (Wildman–Crippen MR) is 138 cm³/mol. The van der Waals surface area contributed by atoms with Gasteiger partial charge < -0.3 is 14.8 Å². The summed E-state index contributed by atoms with van der Waals surface area (Å²) in [5.41, 5.74) is 1.42. The molecule has 1 amide bonds. The minimum Gasteiger partial charge on any atom is -0.384 e. The fourth-order valence-corrected chi connectivity index (χ4v) is 5.95. The summed E-state index contributed by atoms with van der Waals surface area (Å²) in [5, 5.41) is 5.80. The number of ether oxygens (including phenoxy) is 2. The van der Waals surface area contributed by atoms with Crippen LogP contribution in [0.15, 0.2) is 24.4 Å². The number of hydrogen-bond acceptors (Lipinski definition) is 4. The highest BCUT2D eigenvalue weighted by molar-refractivity contribution is 6.32. The molecule has 2 aromatic rings. The van der Waals surface area contributed by atoms with E-state index in [1.807, 2.05) is 12.1 Å². The lowest BCUT2D eigenvalue weighted by atomic mass is 9.69. The summed E-state index contributed by atoms with van der Waals surface area (Å²) in [6.07, 6.45) is 4.71. The summed E-state index contributed by atoms with van der Waals surface area (Å²) in [7, 11) is 1.75. The quantitative estimate of drug-likeness (QED) is 0.473. The second kappa shape index (κ2) is 9.75. The van der Waals surface area contributed by atoms with Crippen molar-refractivity contribution in [3.05, 3.63) is 35.0 Å². The second-order valence-corrected chi connectivity index (χ2v) is 12.0. The number of carbonyl (C=O) groups excluding carboxylic acids is 1. The van der Waals surface area contributed by atoms with Crippen molar-refractivity contribution in [2.75, 3.05) is 32.2 Å². The van der Waals surface area contributed by atoms with Crippen LogP contribution in [0.5, 0.6) is 0 Å². The fraction of sp³-hybridized carbons (Fsp3) is 0.643. The van der Waals surface area contributed by atoms with E-state index in [0.29, 0.717) is 24.3 Å². The number of amides is 1. The van der Waals surface area contributed by atoms with E-state index in [1.165, 1.54) is 0 Å². The SMILES string of the molecule is COCC(c1cc2cc(NC(=O)C3CC34CCOCC4)ncc2cc1Cl)C(C)C(C)C(C)(C)C. The molecule has 1 N–H and O–H groups in total. The number of halogens is 1. The van der Waals surface area contributed by atoms with E-state index in [-0.39, 0.29) is 28.6 Å². The Balaban J connectivity index is 1.58. The zero-order chi connectivity index (χ0) is 24.7. The van der Waals surface area contributed by atoms with Crippen molar-refractivity contribution in [3.63, 3.8) is 0 Å². The van der Waals surface area contributed by atoms with Crippen LogP contribution in [0.4, 0.5) is 5.82 Å². The summed E-state index contributed by atoms with van der Waals surface area (Å²) in [4.78, 5) is 17.4. The standard InChI is InChI=1S/C28H39ClN2O3/c1-17(18(2)27(3,4)5)22(16-33-6)21-11-19-13-25(30-15-20(19)12-24(21)29)31-26(32)23-14-28(23)7-9-34-10-8-28/h11-13,15,17-18,22-23H,7-10,14,16H2,1-6H3,(H,30,31,32). The zero-order valence-corrected chi connectivity index (χ0v) is 22.2. The third-order valence-electron chi connectivity index (χ3n) is 8.62. The van der Waals surface area contributed by atoms with Crippen LogP contribution in [0, 0.1) is 28.6 Å². The van der Waals surface area contributed by atoms with Gasteiger partial charge in [-0.25, -0.2) is 4.98 Å². The van der Waals surface area contributed by atoms with Crippen LogP contribution in [0.3, 0.4) is 0 Å². The van der Waals surface area contributed by atoms with Gasteiger partial charge in [0.05, 0.1) is 6.61 Å². The predicted octanol–water partition coefficient (Wildman–Crippen LogP) is 6.69. The van der Waals surface area contributed by atoms with Gasteiger partial charge in [-0.2, -0.15) is 0 Å². The monoisotopic (exact) mass is 486 g/mol. The summed E-state index contributed by atoms with van der Waals surface area (Å²) >= 11 is 6.79. The highest BCUT2D eigenvalue weighted by Crippen LogP contribution is 2.59. The van der Waals surface area contributed by atoms with Gasteiger partial charge in [-0.05, 0) is 71.1 Å². The molecule has 4 atom stereocenters. The molecular weight excluding hydrogens is 448 g/mol. The lowest BCUT2D eigenvalue weighted by Crippen LogP contribution is -2.30. The number of rotatable bonds is 7. The van der Waals surface area contributed by atoms with Gasteiger partial charge in [-0.15, -0.1) is 0 Å². The number of hydrogen-bond donors (Lipinski definition) is 1. The lowest BCUT2D eigenvalue weighted by Gasteiger charge is -2.37. The van der Waals surface area contributed by atoms with Gasteiger partial charge in [0, 0.05) is 48.8 Å². The van der Waals surface area contributed by atoms with Crippen LogP contribution >= 0.6 is 11.6 Å². The average Bonchev–Trinajstić information content (AvgIpc) is 3.49. The average molecular weight is 487 g/mol. The Bertz CT molecular complexity index is 1040. The van der Waals surface area contributed by atoms with E-state index in [0.717, 1.165) is 53.8 Å². The topological polar surface area (TPSA) is 60.5 Å². The van der Waals surface area contributed by atoms with Crippen molar-refractivity contribution in [2.24, 2.45) is 28.6 Å². The van der Waals surface area contributed by atoms with E-state index in [2.05, 4.69) is 51.0 Å². The highest BCUT2D eigenvalue weighted by Gasteiger charge is 2.58. The Labute approximate surface area is 208 Å². The van der Waals surface area contributed by atoms with E-state index >= 15 is 0 Å². The molecule has 1 spiro atoms. The third-order valence-corrected chi connectivity index (χ3v) is 8.95. The van der Waals surface area contributed by atoms with Crippen molar-refractivity contribution < 1.29 is 14.3 Å². The van der Waals surface area contributed by atoms with Gasteiger partial charge in [0.25, 0.3) is 0 Å². The molecule has 1 saturated heterocycles. The maximum Gasteiger partial charge on any atom is 0.229 e. The molecule has 2 aliphatic rings. The summed E-state index contributed by atoms with van der Waals surface area (Å²) < 4.78 is 11.1. The number of nitrogens with zero attached hydrogens (tertiary/aromatic N) is 1. The first-order valence-corrected chi connectivity index (χ1v) is 12.9. The molecule has 1 aliphatic heterocycles. The Morgan fingerprint density at radius 2 is 1.94 bits per heavy atom. The minimum atomic E-state index is 0.0699. The number of pyridine rings is 1. The second-order valence-electron chi connectivity index (χ2n) is 11.6. The molecule has 6 heteroatoms. The third kappa shape index (κ3) is 5.12. The van der Waals surface area contributed by atoms with Gasteiger partial charge in [-0.1, -0.05) is 46.2 Å². The number of fused-ring (bicyclic) bond motifs is 1. The molecule has 186 valence electrons. The van der Waals surface area contributed by atoms with Crippen LogP contribution in [0.25, 0.3) is 10.8 Å². The molecule has 1 saturated carbocycles. The number of nitrogens with one attached hydrogen (secondary N) is 1. The first-order valence-electron chi connectivity index (χ1n) is 12.5. The zero-order valence-electron chi connectivity index (χ0n) is 21.4. The largest absolute Gasteiger partial charge is 0.384 e. The summed E-state index contributed by atoms with van der Waals surface area (Å²) in [5.74, 6) is 1.76. The number of methoxy groups -OCH3 is 1. The molecule has 5 nitrogen and oxygen atoms in total. The van der Waals surface area contributed by atoms with Gasteiger partial charge in [0.1, 0.15) is 5.82 Å². The van der Waals surface area contributed by atoms with Crippen molar-refractivity contribution in [1.29, 1.82) is 0 Å². The van der Waals surface area contributed by atoms with Gasteiger partial charge in [-0.3, -0.25) is 4.79 Å². The van der Waals surface area contributed by atoms with E-state index in [4.69, 9.17) is 21.1 Å². The molecule has 1 aromatic heterocycles. The van der Waals surface area contributed by atoms with Crippen molar-refractivity contribution in [3.8, 4) is 0 Å². The van der Waals surface area contributed by atoms with Crippen LogP contribution in [-0.4, -0.2) is 37.8 Å². The van der Waals surface area contributed by atoms with Crippen molar-refractivity contribution in [1.82, 2.24) is 4.98 Å². The van der Waals surface area contributed by atoms with Crippen LogP contribution in [0.1, 0.15) is 65.4 Å². The maximum absolute atomic E-state index is 12.9. The maximum atomic E-state index is 12.9. The van der Waals surface area contributed by atoms with Crippen molar-refractivity contribution >= 4 is 34.1 Å². The summed E-state index contributed by atoms with van der Waals surface area (Å²) in [6.45, 7) is 13.6. The van der Waals surface area contributed by atoms with Crippen molar-refractivity contribution in [2.45, 2.75) is 59.8 Å². The highest BCUT2D eigenvalue weighted by atomic mass is 35.5. The fourth-order valence-electron chi connectivity index (χ4n) is 5.64. The minimum absolute atomic E-state index is 0.0699. The molecule has 34 heavy (non-hydrogen) atoms. The van der Waals surface area contributed by atoms with E-state index in [1.54, 1.807) is 13.3 Å². The van der Waals surface area contributed by atoms with E-state index < -0.39 is 0 Å². The number of aromatic nitrogens is 1. The smallest absolute Gasteiger partial charge is 0.229 e. The van der Waals surface area contributed by atoms with Gasteiger partial charge >= 0.3 is 0 Å².